The Morgan fingerprint density at radius 1 is 1.41 bits per heavy atom. The van der Waals surface area contributed by atoms with Crippen molar-refractivity contribution in [3.05, 3.63) is 34.3 Å². The number of nitrogens with zero attached hydrogens (tertiary/aromatic N) is 1. The molecule has 122 valence electrons. The molecule has 0 aromatic heterocycles. The highest BCUT2D eigenvalue weighted by atomic mass is 35.5. The molecule has 0 radical (unpaired) electrons. The number of carbonyl (C=O) groups is 1. The molecule has 0 bridgehead atoms. The van der Waals surface area contributed by atoms with Crippen molar-refractivity contribution in [3.8, 4) is 0 Å². The second kappa shape index (κ2) is 6.46. The van der Waals surface area contributed by atoms with Gasteiger partial charge in [-0.2, -0.15) is 13.2 Å². The van der Waals surface area contributed by atoms with Gasteiger partial charge in [-0.3, -0.25) is 4.79 Å². The largest absolute Gasteiger partial charge is 0.416 e. The monoisotopic (exact) mass is 334 g/mol. The maximum absolute atomic E-state index is 12.8. The van der Waals surface area contributed by atoms with Gasteiger partial charge in [-0.1, -0.05) is 24.9 Å². The standard InChI is InChI=1S/C15H18ClF3N2O/c1-2-3-9-7-21(8-13(9)20)14(22)11-6-10(15(17,18)19)4-5-12(11)16/h4-6,9,13H,2-3,7-8,20H2,1H3. The van der Waals surface area contributed by atoms with E-state index in [1.807, 2.05) is 6.92 Å². The number of hydrogen-bond acceptors (Lipinski definition) is 2. The van der Waals surface area contributed by atoms with Crippen LogP contribution in [-0.4, -0.2) is 29.9 Å². The summed E-state index contributed by atoms with van der Waals surface area (Å²) in [6.45, 7) is 2.83. The van der Waals surface area contributed by atoms with Crippen molar-refractivity contribution in [2.75, 3.05) is 13.1 Å². The lowest BCUT2D eigenvalue weighted by atomic mass is 9.99. The number of benzene rings is 1. The first-order valence-electron chi connectivity index (χ1n) is 7.15. The van der Waals surface area contributed by atoms with Gasteiger partial charge in [0.05, 0.1) is 16.1 Å². The third-order valence-corrected chi connectivity index (χ3v) is 4.29. The molecular formula is C15H18ClF3N2O. The quantitative estimate of drug-likeness (QED) is 0.918. The molecule has 3 nitrogen and oxygen atoms in total. The van der Waals surface area contributed by atoms with Gasteiger partial charge in [-0.25, -0.2) is 0 Å². The van der Waals surface area contributed by atoms with Crippen LogP contribution in [0.2, 0.25) is 5.02 Å². The number of halogens is 4. The van der Waals surface area contributed by atoms with Crippen LogP contribution in [0.15, 0.2) is 18.2 Å². The topological polar surface area (TPSA) is 46.3 Å². The van der Waals surface area contributed by atoms with E-state index < -0.39 is 17.6 Å². The minimum Gasteiger partial charge on any atom is -0.337 e. The third-order valence-electron chi connectivity index (χ3n) is 3.96. The molecule has 1 aliphatic rings. The van der Waals surface area contributed by atoms with Gasteiger partial charge in [-0.15, -0.1) is 0 Å². The van der Waals surface area contributed by atoms with Gasteiger partial charge < -0.3 is 10.6 Å². The molecule has 1 heterocycles. The lowest BCUT2D eigenvalue weighted by Gasteiger charge is -2.18. The minimum absolute atomic E-state index is 0.0190. The van der Waals surface area contributed by atoms with Gasteiger partial charge in [0.15, 0.2) is 0 Å². The van der Waals surface area contributed by atoms with Crippen LogP contribution < -0.4 is 5.73 Å². The highest BCUT2D eigenvalue weighted by Gasteiger charge is 2.35. The molecule has 2 atom stereocenters. The molecule has 1 aromatic rings. The number of alkyl halides is 3. The van der Waals surface area contributed by atoms with E-state index in [9.17, 15) is 18.0 Å². The van der Waals surface area contributed by atoms with Crippen LogP contribution in [0.3, 0.4) is 0 Å². The molecule has 2 unspecified atom stereocenters. The molecular weight excluding hydrogens is 317 g/mol. The fourth-order valence-electron chi connectivity index (χ4n) is 2.77. The number of hydrogen-bond donors (Lipinski definition) is 1. The Morgan fingerprint density at radius 2 is 2.09 bits per heavy atom. The second-order valence-corrected chi connectivity index (χ2v) is 6.02. The predicted molar refractivity (Wildman–Crippen MR) is 78.7 cm³/mol. The Hall–Kier alpha value is -1.27. The van der Waals surface area contributed by atoms with Crippen molar-refractivity contribution in [2.24, 2.45) is 11.7 Å². The summed E-state index contributed by atoms with van der Waals surface area (Å²) in [4.78, 5) is 14.0. The lowest BCUT2D eigenvalue weighted by Crippen LogP contribution is -2.32. The first-order chi connectivity index (χ1) is 10.2. The van der Waals surface area contributed by atoms with Gasteiger partial charge in [0.2, 0.25) is 0 Å². The van der Waals surface area contributed by atoms with Gasteiger partial charge in [0.25, 0.3) is 5.91 Å². The zero-order chi connectivity index (χ0) is 16.5. The molecule has 22 heavy (non-hydrogen) atoms. The van der Waals surface area contributed by atoms with E-state index in [1.165, 1.54) is 4.90 Å². The average molecular weight is 335 g/mol. The SMILES string of the molecule is CCCC1CN(C(=O)c2cc(C(F)(F)F)ccc2Cl)CC1N. The molecule has 0 saturated carbocycles. The van der Waals surface area contributed by atoms with Crippen LogP contribution in [0.4, 0.5) is 13.2 Å². The summed E-state index contributed by atoms with van der Waals surface area (Å²) in [5.41, 5.74) is 5.00. The van der Waals surface area contributed by atoms with E-state index in [2.05, 4.69) is 0 Å². The highest BCUT2D eigenvalue weighted by Crippen LogP contribution is 2.33. The van der Waals surface area contributed by atoms with Crippen molar-refractivity contribution >= 4 is 17.5 Å². The number of carbonyl (C=O) groups excluding carboxylic acids is 1. The Balaban J connectivity index is 2.23. The fourth-order valence-corrected chi connectivity index (χ4v) is 2.97. The first kappa shape index (κ1) is 17.1. The van der Waals surface area contributed by atoms with E-state index in [4.69, 9.17) is 17.3 Å². The summed E-state index contributed by atoms with van der Waals surface area (Å²) in [5, 5.41) is 0.0190. The first-order valence-corrected chi connectivity index (χ1v) is 7.53. The maximum Gasteiger partial charge on any atom is 0.416 e. The molecule has 1 amide bonds. The Bertz CT molecular complexity index is 562. The van der Waals surface area contributed by atoms with E-state index in [-0.39, 0.29) is 22.5 Å². The zero-order valence-electron chi connectivity index (χ0n) is 12.2. The summed E-state index contributed by atoms with van der Waals surface area (Å²) in [6.07, 6.45) is -2.67. The molecule has 7 heteroatoms. The highest BCUT2D eigenvalue weighted by molar-refractivity contribution is 6.33. The van der Waals surface area contributed by atoms with Crippen molar-refractivity contribution in [3.63, 3.8) is 0 Å². The summed E-state index contributed by atoms with van der Waals surface area (Å²) >= 11 is 5.91. The summed E-state index contributed by atoms with van der Waals surface area (Å²) in [5.74, 6) is -0.316. The number of likely N-dealkylation sites (tertiary alicyclic amines) is 1. The van der Waals surface area contributed by atoms with Gasteiger partial charge in [-0.05, 0) is 30.5 Å². The Labute approximate surface area is 132 Å². The van der Waals surface area contributed by atoms with Crippen LogP contribution >= 0.6 is 11.6 Å². The van der Waals surface area contributed by atoms with Crippen LogP contribution in [0, 0.1) is 5.92 Å². The summed E-state index contributed by atoms with van der Waals surface area (Å²) in [6, 6.07) is 2.64. The zero-order valence-corrected chi connectivity index (χ0v) is 12.9. The molecule has 1 saturated heterocycles. The number of amides is 1. The smallest absolute Gasteiger partial charge is 0.337 e. The number of nitrogens with two attached hydrogens (primary N) is 1. The fraction of sp³-hybridized carbons (Fsp3) is 0.533. The van der Waals surface area contributed by atoms with Crippen molar-refractivity contribution in [2.45, 2.75) is 32.0 Å². The predicted octanol–water partition coefficient (Wildman–Crippen LogP) is 3.56. The summed E-state index contributed by atoms with van der Waals surface area (Å²) in [7, 11) is 0. The average Bonchev–Trinajstić information content (AvgIpc) is 2.79. The van der Waals surface area contributed by atoms with E-state index >= 15 is 0 Å². The lowest BCUT2D eigenvalue weighted by molar-refractivity contribution is -0.137. The van der Waals surface area contributed by atoms with E-state index in [1.54, 1.807) is 0 Å². The van der Waals surface area contributed by atoms with Crippen LogP contribution in [0.25, 0.3) is 0 Å². The second-order valence-electron chi connectivity index (χ2n) is 5.62. The molecule has 1 aliphatic heterocycles. The Kier molecular flexibility index (Phi) is 5.02. The normalized spacial score (nSPS) is 22.2. The van der Waals surface area contributed by atoms with Crippen molar-refractivity contribution in [1.29, 1.82) is 0 Å². The summed E-state index contributed by atoms with van der Waals surface area (Å²) < 4.78 is 38.3. The van der Waals surface area contributed by atoms with Crippen LogP contribution in [0.5, 0.6) is 0 Å². The van der Waals surface area contributed by atoms with E-state index in [0.29, 0.717) is 13.1 Å². The molecule has 2 N–H and O–H groups in total. The van der Waals surface area contributed by atoms with Gasteiger partial charge in [0, 0.05) is 19.1 Å². The third kappa shape index (κ3) is 3.55. The van der Waals surface area contributed by atoms with E-state index in [0.717, 1.165) is 31.0 Å². The maximum atomic E-state index is 12.8. The minimum atomic E-state index is -4.51. The van der Waals surface area contributed by atoms with Crippen LogP contribution in [0.1, 0.15) is 35.7 Å². The Morgan fingerprint density at radius 3 is 2.68 bits per heavy atom. The number of rotatable bonds is 3. The van der Waals surface area contributed by atoms with Crippen molar-refractivity contribution < 1.29 is 18.0 Å². The van der Waals surface area contributed by atoms with Gasteiger partial charge >= 0.3 is 6.18 Å². The molecule has 1 fully saturated rings. The molecule has 1 aromatic carbocycles. The molecule has 0 spiro atoms. The molecule has 0 aliphatic carbocycles. The molecule has 2 rings (SSSR count). The van der Waals surface area contributed by atoms with Crippen LogP contribution in [-0.2, 0) is 6.18 Å². The van der Waals surface area contributed by atoms with Crippen molar-refractivity contribution in [1.82, 2.24) is 4.90 Å². The van der Waals surface area contributed by atoms with Gasteiger partial charge in [0.1, 0.15) is 0 Å².